The van der Waals surface area contributed by atoms with Crippen LogP contribution in [-0.4, -0.2) is 18.7 Å². The highest BCUT2D eigenvalue weighted by Gasteiger charge is 2.48. The Hall–Kier alpha value is -0.460. The van der Waals surface area contributed by atoms with Crippen LogP contribution in [0.3, 0.4) is 0 Å². The molecule has 10 heavy (non-hydrogen) atoms. The summed E-state index contributed by atoms with van der Waals surface area (Å²) in [5, 5.41) is 0. The van der Waals surface area contributed by atoms with E-state index in [0.717, 1.165) is 0 Å². The maximum atomic E-state index is 11.1. The van der Waals surface area contributed by atoms with Gasteiger partial charge >= 0.3 is 6.18 Å². The first-order chi connectivity index (χ1) is 4.39. The quantitative estimate of drug-likeness (QED) is 0.573. The van der Waals surface area contributed by atoms with E-state index >= 15 is 0 Å². The average molecular weight is 168 g/mol. The molecule has 0 amide bonds. The van der Waals surface area contributed by atoms with Crippen LogP contribution in [0.25, 0.3) is 0 Å². The van der Waals surface area contributed by atoms with Gasteiger partial charge in [-0.3, -0.25) is 0 Å². The van der Waals surface area contributed by atoms with E-state index in [1.807, 2.05) is 4.94 Å². The topological polar surface area (TPSA) is 9.23 Å². The van der Waals surface area contributed by atoms with Gasteiger partial charge in [0.1, 0.15) is 0 Å². The molecular weight excluding hydrogens is 166 g/mol. The van der Waals surface area contributed by atoms with Gasteiger partial charge in [-0.25, -0.2) is 8.78 Å². The van der Waals surface area contributed by atoms with Crippen molar-refractivity contribution in [2.45, 2.75) is 18.7 Å². The molecule has 0 heterocycles. The molecule has 0 fully saturated rings. The Morgan fingerprint density at radius 2 is 1.50 bits per heavy atom. The minimum atomic E-state index is -5.36. The van der Waals surface area contributed by atoms with Crippen molar-refractivity contribution in [3.63, 3.8) is 0 Å². The van der Waals surface area contributed by atoms with Gasteiger partial charge in [-0.1, -0.05) is 0 Å². The Labute approximate surface area is 51.5 Å². The Bertz CT molecular complexity index is 97.7. The van der Waals surface area contributed by atoms with Gasteiger partial charge in [0.2, 0.25) is 0 Å². The third-order valence-electron chi connectivity index (χ3n) is 0.647. The molecule has 0 saturated carbocycles. The van der Waals surface area contributed by atoms with Gasteiger partial charge in [0, 0.05) is 0 Å². The minimum Gasteiger partial charge on any atom is -0.207 e. The van der Waals surface area contributed by atoms with Crippen LogP contribution < -0.4 is 0 Å². The summed E-state index contributed by atoms with van der Waals surface area (Å²) < 4.78 is 66.3. The second-order valence-corrected chi connectivity index (χ2v) is 1.39. The molecule has 0 aromatic rings. The van der Waals surface area contributed by atoms with Gasteiger partial charge in [0.25, 0.3) is 12.5 Å². The molecule has 0 rings (SSSR count). The first-order valence-electron chi connectivity index (χ1n) is 2.02. The molecule has 7 heteroatoms. The number of hydrogen-bond acceptors (Lipinski definition) is 1. The van der Waals surface area contributed by atoms with Crippen molar-refractivity contribution in [2.24, 2.45) is 0 Å². The average Bonchev–Trinajstić information content (AvgIpc) is 1.60. The van der Waals surface area contributed by atoms with Crippen LogP contribution in [0.5, 0.6) is 0 Å². The zero-order chi connectivity index (χ0) is 8.36. The fourth-order valence-electron chi connectivity index (χ4n) is 0.232. The predicted molar refractivity (Wildman–Crippen MR) is 18.0 cm³/mol. The summed E-state index contributed by atoms with van der Waals surface area (Å²) >= 11 is 0. The molecule has 0 aliphatic rings. The molecule has 0 radical (unpaired) electrons. The van der Waals surface area contributed by atoms with Gasteiger partial charge in [0.05, 0.1) is 0 Å². The summed E-state index contributed by atoms with van der Waals surface area (Å²) in [6.07, 6.45) is -12.9. The van der Waals surface area contributed by atoms with Crippen LogP contribution in [0.1, 0.15) is 0 Å². The number of halogens is 6. The Balaban J connectivity index is 4.07. The second kappa shape index (κ2) is 3.09. The zero-order valence-electron chi connectivity index (χ0n) is 4.33. The monoisotopic (exact) mass is 168 g/mol. The molecule has 1 unspecified atom stereocenters. The third-order valence-corrected chi connectivity index (χ3v) is 0.647. The minimum absolute atomic E-state index is 2.00. The van der Waals surface area contributed by atoms with Gasteiger partial charge in [-0.15, -0.1) is 0 Å². The molecule has 1 atom stereocenters. The van der Waals surface area contributed by atoms with E-state index in [9.17, 15) is 26.5 Å². The van der Waals surface area contributed by atoms with Crippen molar-refractivity contribution in [1.82, 2.24) is 0 Å². The van der Waals surface area contributed by atoms with E-state index in [0.29, 0.717) is 0 Å². The van der Waals surface area contributed by atoms with Crippen LogP contribution in [0.2, 0.25) is 0 Å². The lowest BCUT2D eigenvalue weighted by atomic mass is 10.4. The first-order valence-corrected chi connectivity index (χ1v) is 2.02. The molecular formula is C3H2F6O. The van der Waals surface area contributed by atoms with Crippen LogP contribution in [-0.2, 0) is 4.94 Å². The second-order valence-electron chi connectivity index (χ2n) is 1.39. The number of rotatable bonds is 2. The summed E-state index contributed by atoms with van der Waals surface area (Å²) in [4.78, 5) is 2.00. The van der Waals surface area contributed by atoms with E-state index in [1.54, 1.807) is 0 Å². The van der Waals surface area contributed by atoms with Gasteiger partial charge < -0.3 is 0 Å². The molecule has 0 bridgehead atoms. The standard InChI is InChI=1S/C3H2F6O/c4-2(5)1(10-9)3(6,7)8/h1-2H. The molecule has 1 nitrogen and oxygen atoms in total. The Morgan fingerprint density at radius 3 is 1.50 bits per heavy atom. The normalized spacial score (nSPS) is 15.9. The van der Waals surface area contributed by atoms with Gasteiger partial charge in [-0.2, -0.15) is 18.1 Å². The molecule has 0 aliphatic carbocycles. The van der Waals surface area contributed by atoms with Gasteiger partial charge in [0.15, 0.2) is 0 Å². The van der Waals surface area contributed by atoms with Crippen LogP contribution in [0.15, 0.2) is 0 Å². The Morgan fingerprint density at radius 1 is 1.10 bits per heavy atom. The SMILES string of the molecule is FOC(C(F)F)C(F)(F)F. The molecule has 0 aliphatic heterocycles. The van der Waals surface area contributed by atoms with Gasteiger partial charge in [-0.05, 0) is 4.53 Å². The smallest absolute Gasteiger partial charge is 0.207 e. The van der Waals surface area contributed by atoms with E-state index < -0.39 is 18.7 Å². The molecule has 0 aromatic carbocycles. The fraction of sp³-hybridized carbons (Fsp3) is 1.00. The molecule has 0 N–H and O–H groups in total. The first kappa shape index (κ1) is 9.54. The van der Waals surface area contributed by atoms with Crippen molar-refractivity contribution in [3.8, 4) is 0 Å². The maximum Gasteiger partial charge on any atom is 0.423 e. The van der Waals surface area contributed by atoms with Crippen molar-refractivity contribution >= 4 is 0 Å². The summed E-state index contributed by atoms with van der Waals surface area (Å²) in [5.41, 5.74) is 0. The van der Waals surface area contributed by atoms with Crippen molar-refractivity contribution in [2.75, 3.05) is 0 Å². The lowest BCUT2D eigenvalue weighted by Crippen LogP contribution is -2.36. The van der Waals surface area contributed by atoms with Crippen LogP contribution in [0, 0.1) is 0 Å². The van der Waals surface area contributed by atoms with Crippen molar-refractivity contribution in [1.29, 1.82) is 0 Å². The van der Waals surface area contributed by atoms with Crippen molar-refractivity contribution < 1.29 is 31.4 Å². The number of alkyl halides is 5. The van der Waals surface area contributed by atoms with E-state index in [-0.39, 0.29) is 0 Å². The zero-order valence-corrected chi connectivity index (χ0v) is 4.33. The largest absolute Gasteiger partial charge is 0.423 e. The van der Waals surface area contributed by atoms with E-state index in [2.05, 4.69) is 0 Å². The van der Waals surface area contributed by atoms with Crippen molar-refractivity contribution in [3.05, 3.63) is 0 Å². The predicted octanol–water partition coefficient (Wildman–Crippen LogP) is 2.08. The summed E-state index contributed by atoms with van der Waals surface area (Å²) in [7, 11) is 0. The highest BCUT2D eigenvalue weighted by molar-refractivity contribution is 4.67. The van der Waals surface area contributed by atoms with E-state index in [4.69, 9.17) is 0 Å². The Kier molecular flexibility index (Phi) is 2.95. The highest BCUT2D eigenvalue weighted by atomic mass is 19.4. The number of hydrogen-bond donors (Lipinski definition) is 0. The molecule has 0 spiro atoms. The summed E-state index contributed by atoms with van der Waals surface area (Å²) in [5.74, 6) is 0. The fourth-order valence-corrected chi connectivity index (χ4v) is 0.232. The lowest BCUT2D eigenvalue weighted by Gasteiger charge is -2.13. The van der Waals surface area contributed by atoms with Crippen LogP contribution in [0.4, 0.5) is 26.5 Å². The third kappa shape index (κ3) is 2.42. The highest BCUT2D eigenvalue weighted by Crippen LogP contribution is 2.27. The molecule has 62 valence electrons. The lowest BCUT2D eigenvalue weighted by molar-refractivity contribution is -0.322. The maximum absolute atomic E-state index is 11.1. The van der Waals surface area contributed by atoms with E-state index in [1.165, 1.54) is 0 Å². The summed E-state index contributed by atoms with van der Waals surface area (Å²) in [6, 6.07) is 0. The van der Waals surface area contributed by atoms with Crippen LogP contribution >= 0.6 is 0 Å². The summed E-state index contributed by atoms with van der Waals surface area (Å²) in [6.45, 7) is 0. The molecule has 0 aromatic heterocycles. The molecule has 0 saturated heterocycles.